The van der Waals surface area contributed by atoms with Crippen molar-refractivity contribution >= 4 is 27.6 Å². The molecule has 2 unspecified atom stereocenters. The highest BCUT2D eigenvalue weighted by Crippen LogP contribution is 2.35. The van der Waals surface area contributed by atoms with E-state index in [0.29, 0.717) is 11.9 Å². The molecule has 1 aromatic heterocycles. The Hall–Kier alpha value is -0.880. The molecule has 76 valence electrons. The largest absolute Gasteiger partial charge is 0.366 e. The van der Waals surface area contributed by atoms with E-state index < -0.39 is 0 Å². The number of halogens is 1. The van der Waals surface area contributed by atoms with Gasteiger partial charge in [-0.2, -0.15) is 0 Å². The van der Waals surface area contributed by atoms with E-state index in [-0.39, 0.29) is 0 Å². The second-order valence-electron chi connectivity index (χ2n) is 3.49. The molecule has 0 aromatic carbocycles. The molecule has 0 aliphatic heterocycles. The first kappa shape index (κ1) is 9.67. The predicted octanol–water partition coefficient (Wildman–Crippen LogP) is 1.34. The molecule has 0 spiro atoms. The Kier molecular flexibility index (Phi) is 2.56. The van der Waals surface area contributed by atoms with Crippen molar-refractivity contribution in [1.82, 2.24) is 9.97 Å². The number of anilines is 2. The lowest BCUT2D eigenvalue weighted by atomic mass is 10.4. The van der Waals surface area contributed by atoms with Crippen LogP contribution in [0.3, 0.4) is 0 Å². The van der Waals surface area contributed by atoms with E-state index in [0.717, 1.165) is 16.2 Å². The van der Waals surface area contributed by atoms with Crippen molar-refractivity contribution in [2.45, 2.75) is 19.4 Å². The first-order valence-corrected chi connectivity index (χ1v) is 5.25. The van der Waals surface area contributed by atoms with Crippen molar-refractivity contribution in [1.29, 1.82) is 0 Å². The smallest absolute Gasteiger partial charge is 0.159 e. The Balaban J connectivity index is 2.16. The van der Waals surface area contributed by atoms with Crippen LogP contribution in [0.5, 0.6) is 0 Å². The molecule has 1 aliphatic rings. The summed E-state index contributed by atoms with van der Waals surface area (Å²) in [5, 5.41) is 3.32. The SMILES string of the molecule is CC1CC1Nc1ncnc(NN)c1Br. The van der Waals surface area contributed by atoms with Gasteiger partial charge in [-0.05, 0) is 28.3 Å². The van der Waals surface area contributed by atoms with Gasteiger partial charge in [0.05, 0.1) is 0 Å². The number of rotatable bonds is 3. The summed E-state index contributed by atoms with van der Waals surface area (Å²) in [6, 6.07) is 0.534. The fourth-order valence-electron chi connectivity index (χ4n) is 1.27. The quantitative estimate of drug-likeness (QED) is 0.563. The summed E-state index contributed by atoms with van der Waals surface area (Å²) in [7, 11) is 0. The van der Waals surface area contributed by atoms with E-state index in [4.69, 9.17) is 5.84 Å². The highest BCUT2D eigenvalue weighted by atomic mass is 79.9. The molecule has 1 saturated carbocycles. The molecular formula is C8H12BrN5. The molecule has 1 heterocycles. The predicted molar refractivity (Wildman–Crippen MR) is 58.7 cm³/mol. The third-order valence-electron chi connectivity index (χ3n) is 2.36. The lowest BCUT2D eigenvalue weighted by Gasteiger charge is -2.08. The standard InChI is InChI=1S/C8H12BrN5/c1-4-2-5(4)13-7-6(9)8(14-10)12-3-11-7/h3-5H,2,10H2,1H3,(H2,11,12,13,14). The van der Waals surface area contributed by atoms with Gasteiger partial charge in [-0.15, -0.1) is 0 Å². The van der Waals surface area contributed by atoms with Crippen molar-refractivity contribution < 1.29 is 0 Å². The first-order chi connectivity index (χ1) is 6.72. The Labute approximate surface area is 90.6 Å². The van der Waals surface area contributed by atoms with Gasteiger partial charge in [-0.3, -0.25) is 0 Å². The van der Waals surface area contributed by atoms with Crippen LogP contribution in [-0.2, 0) is 0 Å². The van der Waals surface area contributed by atoms with Gasteiger partial charge < -0.3 is 10.7 Å². The number of hydrogen-bond acceptors (Lipinski definition) is 5. The molecule has 2 rings (SSSR count). The maximum absolute atomic E-state index is 5.30. The maximum Gasteiger partial charge on any atom is 0.159 e. The number of nitrogen functional groups attached to an aromatic ring is 1. The molecule has 1 aliphatic carbocycles. The third kappa shape index (κ3) is 1.80. The Morgan fingerprint density at radius 2 is 2.14 bits per heavy atom. The molecule has 0 bridgehead atoms. The topological polar surface area (TPSA) is 75.9 Å². The Morgan fingerprint density at radius 1 is 1.50 bits per heavy atom. The van der Waals surface area contributed by atoms with E-state index in [1.165, 1.54) is 12.7 Å². The zero-order chi connectivity index (χ0) is 10.1. The van der Waals surface area contributed by atoms with E-state index >= 15 is 0 Å². The normalized spacial score (nSPS) is 24.5. The highest BCUT2D eigenvalue weighted by Gasteiger charge is 2.33. The summed E-state index contributed by atoms with van der Waals surface area (Å²) < 4.78 is 0.779. The van der Waals surface area contributed by atoms with Gasteiger partial charge in [0, 0.05) is 6.04 Å². The molecular weight excluding hydrogens is 246 g/mol. The monoisotopic (exact) mass is 257 g/mol. The summed E-state index contributed by atoms with van der Waals surface area (Å²) in [4.78, 5) is 8.11. The second kappa shape index (κ2) is 3.70. The molecule has 5 nitrogen and oxygen atoms in total. The molecule has 14 heavy (non-hydrogen) atoms. The Morgan fingerprint density at radius 3 is 2.71 bits per heavy atom. The van der Waals surface area contributed by atoms with Crippen molar-refractivity contribution in [3.05, 3.63) is 10.8 Å². The number of nitrogens with zero attached hydrogens (tertiary/aromatic N) is 2. The van der Waals surface area contributed by atoms with Crippen LogP contribution in [0.15, 0.2) is 10.8 Å². The Bertz CT molecular complexity index is 343. The number of hydrogen-bond donors (Lipinski definition) is 3. The zero-order valence-corrected chi connectivity index (χ0v) is 9.37. The molecule has 0 saturated heterocycles. The maximum atomic E-state index is 5.30. The van der Waals surface area contributed by atoms with Crippen LogP contribution in [0.1, 0.15) is 13.3 Å². The van der Waals surface area contributed by atoms with Crippen molar-refractivity contribution in [2.24, 2.45) is 11.8 Å². The van der Waals surface area contributed by atoms with Gasteiger partial charge >= 0.3 is 0 Å². The summed E-state index contributed by atoms with van der Waals surface area (Å²) in [5.74, 6) is 7.41. The average molecular weight is 258 g/mol. The minimum absolute atomic E-state index is 0.534. The minimum Gasteiger partial charge on any atom is -0.366 e. The average Bonchev–Trinajstić information content (AvgIpc) is 2.86. The summed E-state index contributed by atoms with van der Waals surface area (Å²) in [5.41, 5.74) is 2.50. The van der Waals surface area contributed by atoms with E-state index in [1.54, 1.807) is 0 Å². The van der Waals surface area contributed by atoms with Crippen LogP contribution < -0.4 is 16.6 Å². The van der Waals surface area contributed by atoms with Gasteiger partial charge in [0.2, 0.25) is 0 Å². The van der Waals surface area contributed by atoms with Gasteiger partial charge in [-0.1, -0.05) is 6.92 Å². The summed E-state index contributed by atoms with van der Waals surface area (Å²) >= 11 is 3.39. The lowest BCUT2D eigenvalue weighted by Crippen LogP contribution is -2.12. The molecule has 2 atom stereocenters. The van der Waals surface area contributed by atoms with Crippen LogP contribution in [0.25, 0.3) is 0 Å². The summed E-state index contributed by atoms with van der Waals surface area (Å²) in [6.45, 7) is 2.20. The molecule has 0 radical (unpaired) electrons. The van der Waals surface area contributed by atoms with Gasteiger partial charge in [0.15, 0.2) is 5.82 Å². The molecule has 1 fully saturated rings. The van der Waals surface area contributed by atoms with E-state index in [1.807, 2.05) is 0 Å². The van der Waals surface area contributed by atoms with E-state index in [2.05, 4.69) is 43.6 Å². The number of nitrogens with two attached hydrogens (primary N) is 1. The van der Waals surface area contributed by atoms with E-state index in [9.17, 15) is 0 Å². The fraction of sp³-hybridized carbons (Fsp3) is 0.500. The molecule has 0 amide bonds. The summed E-state index contributed by atoms with van der Waals surface area (Å²) in [6.07, 6.45) is 2.68. The van der Waals surface area contributed by atoms with Crippen molar-refractivity contribution in [2.75, 3.05) is 10.7 Å². The second-order valence-corrected chi connectivity index (χ2v) is 4.29. The molecule has 4 N–H and O–H groups in total. The molecule has 1 aromatic rings. The van der Waals surface area contributed by atoms with Gasteiger partial charge in [0.1, 0.15) is 16.6 Å². The minimum atomic E-state index is 0.534. The van der Waals surface area contributed by atoms with Crippen LogP contribution in [0.4, 0.5) is 11.6 Å². The van der Waals surface area contributed by atoms with Crippen molar-refractivity contribution in [3.8, 4) is 0 Å². The van der Waals surface area contributed by atoms with Crippen LogP contribution in [-0.4, -0.2) is 16.0 Å². The lowest BCUT2D eigenvalue weighted by molar-refractivity contribution is 0.920. The first-order valence-electron chi connectivity index (χ1n) is 4.46. The van der Waals surface area contributed by atoms with Crippen LogP contribution in [0.2, 0.25) is 0 Å². The fourth-order valence-corrected chi connectivity index (χ4v) is 1.70. The van der Waals surface area contributed by atoms with Crippen LogP contribution in [0, 0.1) is 5.92 Å². The highest BCUT2D eigenvalue weighted by molar-refractivity contribution is 9.10. The van der Waals surface area contributed by atoms with Crippen LogP contribution >= 0.6 is 15.9 Å². The van der Waals surface area contributed by atoms with Crippen molar-refractivity contribution in [3.63, 3.8) is 0 Å². The zero-order valence-electron chi connectivity index (χ0n) is 7.79. The third-order valence-corrected chi connectivity index (χ3v) is 3.11. The number of aromatic nitrogens is 2. The van der Waals surface area contributed by atoms with Gasteiger partial charge in [-0.25, -0.2) is 15.8 Å². The molecule has 6 heteroatoms. The van der Waals surface area contributed by atoms with Gasteiger partial charge in [0.25, 0.3) is 0 Å². The number of nitrogens with one attached hydrogen (secondary N) is 2. The number of hydrazine groups is 1.